The summed E-state index contributed by atoms with van der Waals surface area (Å²) in [5, 5.41) is 14.2. The van der Waals surface area contributed by atoms with Gasteiger partial charge in [-0.1, -0.05) is 13.3 Å². The van der Waals surface area contributed by atoms with Crippen molar-refractivity contribution < 1.29 is 5.11 Å². The molecular weight excluding hydrogens is 262 g/mol. The molecule has 0 saturated heterocycles. The van der Waals surface area contributed by atoms with Crippen molar-refractivity contribution in [2.24, 2.45) is 5.92 Å². The zero-order valence-corrected chi connectivity index (χ0v) is 13.1. The summed E-state index contributed by atoms with van der Waals surface area (Å²) < 4.78 is 0. The van der Waals surface area contributed by atoms with E-state index < -0.39 is 5.60 Å². The molecule has 1 aromatic rings. The molecule has 2 aliphatic rings. The minimum atomic E-state index is -0.557. The standard InChI is InChI=1S/C17H27N3O/c1-2-13-7-9-17(21,10-8-13)11-18-16-14-5-3-4-6-15(14)19-12-20-16/h12-13,21H,2-11H2,1H3,(H,18,19,20). The van der Waals surface area contributed by atoms with E-state index in [9.17, 15) is 5.11 Å². The summed E-state index contributed by atoms with van der Waals surface area (Å²) in [7, 11) is 0. The molecule has 1 fully saturated rings. The molecule has 0 aliphatic heterocycles. The van der Waals surface area contributed by atoms with Crippen molar-refractivity contribution >= 4 is 5.82 Å². The molecule has 4 nitrogen and oxygen atoms in total. The molecule has 1 saturated carbocycles. The van der Waals surface area contributed by atoms with E-state index in [1.54, 1.807) is 6.33 Å². The molecule has 0 spiro atoms. The molecule has 0 bridgehead atoms. The van der Waals surface area contributed by atoms with E-state index in [0.717, 1.165) is 50.3 Å². The summed E-state index contributed by atoms with van der Waals surface area (Å²) in [6.07, 6.45) is 11.6. The smallest absolute Gasteiger partial charge is 0.132 e. The highest BCUT2D eigenvalue weighted by Crippen LogP contribution is 2.34. The molecule has 0 aromatic carbocycles. The highest BCUT2D eigenvalue weighted by Gasteiger charge is 2.32. The van der Waals surface area contributed by atoms with Crippen molar-refractivity contribution in [2.75, 3.05) is 11.9 Å². The van der Waals surface area contributed by atoms with Crippen LogP contribution in [0.1, 0.15) is 63.1 Å². The number of anilines is 1. The lowest BCUT2D eigenvalue weighted by Crippen LogP contribution is -2.41. The first-order valence-corrected chi connectivity index (χ1v) is 8.49. The Hall–Kier alpha value is -1.16. The second-order valence-electron chi connectivity index (χ2n) is 6.78. The topological polar surface area (TPSA) is 58.0 Å². The molecule has 0 amide bonds. The van der Waals surface area contributed by atoms with Gasteiger partial charge in [0.15, 0.2) is 0 Å². The predicted octanol–water partition coefficient (Wildman–Crippen LogP) is 3.10. The van der Waals surface area contributed by atoms with E-state index in [1.807, 2.05) is 0 Å². The van der Waals surface area contributed by atoms with Gasteiger partial charge in [0.2, 0.25) is 0 Å². The van der Waals surface area contributed by atoms with Crippen LogP contribution in [0.15, 0.2) is 6.33 Å². The summed E-state index contributed by atoms with van der Waals surface area (Å²) in [4.78, 5) is 8.80. The Morgan fingerprint density at radius 3 is 2.76 bits per heavy atom. The number of nitrogens with one attached hydrogen (secondary N) is 1. The quantitative estimate of drug-likeness (QED) is 0.894. The number of hydrogen-bond donors (Lipinski definition) is 2. The number of nitrogens with zero attached hydrogens (tertiary/aromatic N) is 2. The lowest BCUT2D eigenvalue weighted by molar-refractivity contribution is 0.00221. The van der Waals surface area contributed by atoms with E-state index in [1.165, 1.54) is 30.5 Å². The first-order valence-electron chi connectivity index (χ1n) is 8.49. The number of fused-ring (bicyclic) bond motifs is 1. The molecule has 21 heavy (non-hydrogen) atoms. The van der Waals surface area contributed by atoms with Crippen molar-refractivity contribution in [3.05, 3.63) is 17.6 Å². The predicted molar refractivity (Wildman–Crippen MR) is 84.4 cm³/mol. The number of aryl methyl sites for hydroxylation is 1. The maximum Gasteiger partial charge on any atom is 0.132 e. The minimum Gasteiger partial charge on any atom is -0.388 e. The molecule has 116 valence electrons. The van der Waals surface area contributed by atoms with Crippen LogP contribution in [0.5, 0.6) is 0 Å². The average molecular weight is 289 g/mol. The van der Waals surface area contributed by atoms with Crippen LogP contribution in [-0.2, 0) is 12.8 Å². The summed E-state index contributed by atoms with van der Waals surface area (Å²) >= 11 is 0. The Morgan fingerprint density at radius 1 is 1.24 bits per heavy atom. The molecule has 4 heteroatoms. The van der Waals surface area contributed by atoms with Crippen LogP contribution in [0.4, 0.5) is 5.82 Å². The van der Waals surface area contributed by atoms with Gasteiger partial charge >= 0.3 is 0 Å². The Morgan fingerprint density at radius 2 is 2.00 bits per heavy atom. The summed E-state index contributed by atoms with van der Waals surface area (Å²) in [6, 6.07) is 0. The molecule has 3 rings (SSSR count). The molecule has 2 aliphatic carbocycles. The second-order valence-corrected chi connectivity index (χ2v) is 6.78. The summed E-state index contributed by atoms with van der Waals surface area (Å²) in [6.45, 7) is 2.87. The second kappa shape index (κ2) is 6.30. The van der Waals surface area contributed by atoms with Gasteiger partial charge in [-0.05, 0) is 57.3 Å². The van der Waals surface area contributed by atoms with Crippen molar-refractivity contribution in [3.63, 3.8) is 0 Å². The van der Waals surface area contributed by atoms with Gasteiger partial charge in [0.05, 0.1) is 5.60 Å². The fourth-order valence-electron chi connectivity index (χ4n) is 3.72. The van der Waals surface area contributed by atoms with Gasteiger partial charge in [-0.25, -0.2) is 9.97 Å². The zero-order chi connectivity index (χ0) is 14.7. The highest BCUT2D eigenvalue weighted by molar-refractivity contribution is 5.47. The SMILES string of the molecule is CCC1CCC(O)(CNc2ncnc3c2CCCC3)CC1. The van der Waals surface area contributed by atoms with Crippen molar-refractivity contribution in [2.45, 2.75) is 70.3 Å². The van der Waals surface area contributed by atoms with Gasteiger partial charge < -0.3 is 10.4 Å². The maximum atomic E-state index is 10.7. The third-order valence-corrected chi connectivity index (χ3v) is 5.32. The number of aromatic nitrogens is 2. The van der Waals surface area contributed by atoms with Gasteiger partial charge in [-0.3, -0.25) is 0 Å². The van der Waals surface area contributed by atoms with Crippen molar-refractivity contribution in [1.82, 2.24) is 9.97 Å². The van der Waals surface area contributed by atoms with Gasteiger partial charge in [-0.2, -0.15) is 0 Å². The fraction of sp³-hybridized carbons (Fsp3) is 0.765. The molecule has 0 atom stereocenters. The number of rotatable bonds is 4. The zero-order valence-electron chi connectivity index (χ0n) is 13.1. The van der Waals surface area contributed by atoms with Gasteiger partial charge in [-0.15, -0.1) is 0 Å². The fourth-order valence-corrected chi connectivity index (χ4v) is 3.72. The largest absolute Gasteiger partial charge is 0.388 e. The lowest BCUT2D eigenvalue weighted by atomic mass is 9.78. The van der Waals surface area contributed by atoms with E-state index in [0.29, 0.717) is 6.54 Å². The van der Waals surface area contributed by atoms with Crippen molar-refractivity contribution in [1.29, 1.82) is 0 Å². The van der Waals surface area contributed by atoms with Crippen LogP contribution in [0.3, 0.4) is 0 Å². The Labute approximate surface area is 127 Å². The van der Waals surface area contributed by atoms with Gasteiger partial charge in [0.25, 0.3) is 0 Å². The molecule has 2 N–H and O–H groups in total. The molecule has 1 heterocycles. The van der Waals surface area contributed by atoms with Gasteiger partial charge in [0.1, 0.15) is 12.1 Å². The van der Waals surface area contributed by atoms with Crippen LogP contribution >= 0.6 is 0 Å². The number of hydrogen-bond acceptors (Lipinski definition) is 4. The van der Waals surface area contributed by atoms with Crippen LogP contribution in [0.2, 0.25) is 0 Å². The first-order chi connectivity index (χ1) is 10.2. The van der Waals surface area contributed by atoms with E-state index >= 15 is 0 Å². The third-order valence-electron chi connectivity index (χ3n) is 5.32. The van der Waals surface area contributed by atoms with Crippen molar-refractivity contribution in [3.8, 4) is 0 Å². The Bertz CT molecular complexity index is 481. The highest BCUT2D eigenvalue weighted by atomic mass is 16.3. The summed E-state index contributed by atoms with van der Waals surface area (Å²) in [5.41, 5.74) is 1.91. The third kappa shape index (κ3) is 3.37. The average Bonchev–Trinajstić information content (AvgIpc) is 2.54. The van der Waals surface area contributed by atoms with E-state index in [4.69, 9.17) is 0 Å². The van der Waals surface area contributed by atoms with E-state index in [2.05, 4.69) is 22.2 Å². The summed E-state index contributed by atoms with van der Waals surface area (Å²) in [5.74, 6) is 1.75. The van der Waals surface area contributed by atoms with Crippen LogP contribution in [0.25, 0.3) is 0 Å². The normalized spacial score (nSPS) is 29.0. The Kier molecular flexibility index (Phi) is 4.43. The van der Waals surface area contributed by atoms with Crippen LogP contribution < -0.4 is 5.32 Å². The Balaban J connectivity index is 1.63. The lowest BCUT2D eigenvalue weighted by Gasteiger charge is -2.36. The maximum absolute atomic E-state index is 10.7. The van der Waals surface area contributed by atoms with Crippen LogP contribution in [0, 0.1) is 5.92 Å². The van der Waals surface area contributed by atoms with Crippen LogP contribution in [-0.4, -0.2) is 27.2 Å². The molecule has 0 unspecified atom stereocenters. The monoisotopic (exact) mass is 289 g/mol. The molecule has 1 aromatic heterocycles. The van der Waals surface area contributed by atoms with E-state index in [-0.39, 0.29) is 0 Å². The molecule has 0 radical (unpaired) electrons. The van der Waals surface area contributed by atoms with Gasteiger partial charge in [0, 0.05) is 17.8 Å². The first kappa shape index (κ1) is 14.8. The molecular formula is C17H27N3O. The minimum absolute atomic E-state index is 0.557. The number of aliphatic hydroxyl groups is 1.